The van der Waals surface area contributed by atoms with Gasteiger partial charge in [-0.3, -0.25) is 14.7 Å². The van der Waals surface area contributed by atoms with Crippen molar-refractivity contribution in [3.8, 4) is 0 Å². The molecule has 6 nitrogen and oxygen atoms in total. The van der Waals surface area contributed by atoms with Crippen LogP contribution in [0, 0.1) is 19.8 Å². The van der Waals surface area contributed by atoms with Gasteiger partial charge in [-0.1, -0.05) is 6.07 Å². The Hall–Kier alpha value is -3.15. The van der Waals surface area contributed by atoms with Crippen molar-refractivity contribution in [3.05, 3.63) is 53.7 Å². The number of aromatic nitrogens is 2. The summed E-state index contributed by atoms with van der Waals surface area (Å²) in [5, 5.41) is 10.8. The van der Waals surface area contributed by atoms with E-state index in [4.69, 9.17) is 0 Å². The highest BCUT2D eigenvalue weighted by Crippen LogP contribution is 2.28. The first kappa shape index (κ1) is 16.3. The van der Waals surface area contributed by atoms with Crippen LogP contribution in [-0.4, -0.2) is 28.6 Å². The fourth-order valence-corrected chi connectivity index (χ4v) is 3.29. The Labute approximate surface area is 151 Å². The second-order valence-corrected chi connectivity index (χ2v) is 6.84. The van der Waals surface area contributed by atoms with Crippen LogP contribution in [0.3, 0.4) is 0 Å². The van der Waals surface area contributed by atoms with Crippen molar-refractivity contribution in [2.24, 2.45) is 5.92 Å². The highest BCUT2D eigenvalue weighted by atomic mass is 16.2. The van der Waals surface area contributed by atoms with Crippen LogP contribution in [0.1, 0.15) is 17.5 Å². The van der Waals surface area contributed by atoms with Crippen LogP contribution in [0.2, 0.25) is 0 Å². The molecule has 0 spiro atoms. The molecule has 132 valence electrons. The van der Waals surface area contributed by atoms with E-state index in [0.717, 1.165) is 22.2 Å². The highest BCUT2D eigenvalue weighted by molar-refractivity contribution is 6.04. The quantitative estimate of drug-likeness (QED) is 0.763. The van der Waals surface area contributed by atoms with E-state index >= 15 is 0 Å². The Kier molecular flexibility index (Phi) is 3.95. The number of hydrogen-bond acceptors (Lipinski definition) is 3. The van der Waals surface area contributed by atoms with E-state index < -0.39 is 0 Å². The van der Waals surface area contributed by atoms with Gasteiger partial charge >= 0.3 is 0 Å². The zero-order valence-electron chi connectivity index (χ0n) is 14.7. The molecule has 0 saturated carbocycles. The number of rotatable bonds is 3. The number of H-pyrrole nitrogens is 1. The predicted octanol–water partition coefficient (Wildman–Crippen LogP) is 3.17. The van der Waals surface area contributed by atoms with Gasteiger partial charge in [0.15, 0.2) is 0 Å². The van der Waals surface area contributed by atoms with Gasteiger partial charge in [0.1, 0.15) is 0 Å². The maximum absolute atomic E-state index is 12.6. The Morgan fingerprint density at radius 1 is 1.19 bits per heavy atom. The summed E-state index contributed by atoms with van der Waals surface area (Å²) in [5.74, 6) is -0.512. The third kappa shape index (κ3) is 2.94. The molecule has 2 aromatic carbocycles. The first-order valence-corrected chi connectivity index (χ1v) is 8.63. The average Bonchev–Trinajstić information content (AvgIpc) is 3.23. The fraction of sp³-hybridized carbons (Fsp3) is 0.250. The molecule has 0 aliphatic carbocycles. The predicted molar refractivity (Wildman–Crippen MR) is 101 cm³/mol. The average molecular weight is 348 g/mol. The van der Waals surface area contributed by atoms with Crippen molar-refractivity contribution >= 4 is 34.1 Å². The number of carbonyl (C=O) groups excluding carboxylic acids is 2. The summed E-state index contributed by atoms with van der Waals surface area (Å²) in [6, 6.07) is 11.5. The van der Waals surface area contributed by atoms with E-state index in [-0.39, 0.29) is 24.2 Å². The van der Waals surface area contributed by atoms with Gasteiger partial charge in [-0.25, -0.2) is 0 Å². The number of aryl methyl sites for hydroxylation is 2. The Bertz CT molecular complexity index is 1010. The summed E-state index contributed by atoms with van der Waals surface area (Å²) in [7, 11) is 0. The van der Waals surface area contributed by atoms with Crippen LogP contribution in [0.5, 0.6) is 0 Å². The van der Waals surface area contributed by atoms with Crippen LogP contribution in [0.15, 0.2) is 42.6 Å². The number of nitrogens with zero attached hydrogens (tertiary/aromatic N) is 2. The number of amides is 2. The zero-order chi connectivity index (χ0) is 18.3. The maximum Gasteiger partial charge on any atom is 0.229 e. The molecule has 2 heterocycles. The molecule has 3 aromatic rings. The SMILES string of the molecule is Cc1ccc(N2CC(C(=O)Nc3ccc4cn[nH]c4c3)CC2=O)cc1C. The van der Waals surface area contributed by atoms with Crippen LogP contribution in [-0.2, 0) is 9.59 Å². The van der Waals surface area contributed by atoms with Gasteiger partial charge in [0, 0.05) is 29.7 Å². The number of anilines is 2. The van der Waals surface area contributed by atoms with E-state index in [1.165, 1.54) is 5.56 Å². The van der Waals surface area contributed by atoms with Crippen LogP contribution in [0.4, 0.5) is 11.4 Å². The molecule has 1 aromatic heterocycles. The van der Waals surface area contributed by atoms with E-state index in [1.807, 2.05) is 50.2 Å². The third-order valence-electron chi connectivity index (χ3n) is 5.01. The monoisotopic (exact) mass is 348 g/mol. The minimum atomic E-state index is -0.360. The minimum Gasteiger partial charge on any atom is -0.326 e. The van der Waals surface area contributed by atoms with Gasteiger partial charge in [-0.2, -0.15) is 5.10 Å². The lowest BCUT2D eigenvalue weighted by Crippen LogP contribution is -2.28. The van der Waals surface area contributed by atoms with E-state index in [1.54, 1.807) is 11.1 Å². The van der Waals surface area contributed by atoms with E-state index in [9.17, 15) is 9.59 Å². The Morgan fingerprint density at radius 2 is 2.04 bits per heavy atom. The van der Waals surface area contributed by atoms with E-state index in [2.05, 4.69) is 15.5 Å². The fourth-order valence-electron chi connectivity index (χ4n) is 3.29. The molecule has 6 heteroatoms. The van der Waals surface area contributed by atoms with Gasteiger partial charge in [0.2, 0.25) is 11.8 Å². The van der Waals surface area contributed by atoms with Gasteiger partial charge in [0.25, 0.3) is 0 Å². The standard InChI is InChI=1S/C20H20N4O2/c1-12-3-6-17(7-13(12)2)24-11-15(8-19(24)25)20(26)22-16-5-4-14-10-21-23-18(14)9-16/h3-7,9-10,15H,8,11H2,1-2H3,(H,21,23)(H,22,26). The van der Waals surface area contributed by atoms with E-state index in [0.29, 0.717) is 12.2 Å². The summed E-state index contributed by atoms with van der Waals surface area (Å²) < 4.78 is 0. The molecule has 1 fully saturated rings. The highest BCUT2D eigenvalue weighted by Gasteiger charge is 2.35. The number of hydrogen-bond donors (Lipinski definition) is 2. The lowest BCUT2D eigenvalue weighted by Gasteiger charge is -2.18. The summed E-state index contributed by atoms with van der Waals surface area (Å²) in [6.45, 7) is 4.46. The molecule has 1 unspecified atom stereocenters. The molecule has 2 amide bonds. The van der Waals surface area contributed by atoms with Crippen molar-refractivity contribution in [1.82, 2.24) is 10.2 Å². The van der Waals surface area contributed by atoms with Crippen molar-refractivity contribution < 1.29 is 9.59 Å². The normalized spacial score (nSPS) is 17.1. The van der Waals surface area contributed by atoms with Crippen molar-refractivity contribution in [2.45, 2.75) is 20.3 Å². The van der Waals surface area contributed by atoms with Crippen molar-refractivity contribution in [2.75, 3.05) is 16.8 Å². The molecule has 0 bridgehead atoms. The van der Waals surface area contributed by atoms with Gasteiger partial charge in [0.05, 0.1) is 17.6 Å². The number of benzene rings is 2. The Balaban J connectivity index is 1.48. The molecule has 2 N–H and O–H groups in total. The van der Waals surface area contributed by atoms with Crippen LogP contribution in [0.25, 0.3) is 10.9 Å². The number of nitrogens with one attached hydrogen (secondary N) is 2. The third-order valence-corrected chi connectivity index (χ3v) is 5.01. The first-order valence-electron chi connectivity index (χ1n) is 8.63. The largest absolute Gasteiger partial charge is 0.326 e. The number of aromatic amines is 1. The topological polar surface area (TPSA) is 78.1 Å². The smallest absolute Gasteiger partial charge is 0.229 e. The zero-order valence-corrected chi connectivity index (χ0v) is 14.7. The molecule has 26 heavy (non-hydrogen) atoms. The van der Waals surface area contributed by atoms with Gasteiger partial charge in [-0.15, -0.1) is 0 Å². The minimum absolute atomic E-state index is 0.0163. The second-order valence-electron chi connectivity index (χ2n) is 6.84. The van der Waals surface area contributed by atoms with Crippen molar-refractivity contribution in [3.63, 3.8) is 0 Å². The molecule has 0 radical (unpaired) electrons. The summed E-state index contributed by atoms with van der Waals surface area (Å²) >= 11 is 0. The maximum atomic E-state index is 12.6. The Morgan fingerprint density at radius 3 is 2.85 bits per heavy atom. The molecular formula is C20H20N4O2. The van der Waals surface area contributed by atoms with Crippen LogP contribution < -0.4 is 10.2 Å². The molecule has 1 saturated heterocycles. The molecule has 4 rings (SSSR count). The van der Waals surface area contributed by atoms with Gasteiger partial charge in [-0.05, 0) is 55.3 Å². The van der Waals surface area contributed by atoms with Crippen molar-refractivity contribution in [1.29, 1.82) is 0 Å². The second kappa shape index (κ2) is 6.29. The lowest BCUT2D eigenvalue weighted by atomic mass is 10.1. The first-order chi connectivity index (χ1) is 12.5. The molecule has 1 aliphatic rings. The summed E-state index contributed by atoms with van der Waals surface area (Å²) in [5.41, 5.74) is 4.73. The molecule has 1 atom stereocenters. The number of carbonyl (C=O) groups is 2. The van der Waals surface area contributed by atoms with Crippen LogP contribution >= 0.6 is 0 Å². The summed E-state index contributed by atoms with van der Waals surface area (Å²) in [6.07, 6.45) is 1.96. The number of fused-ring (bicyclic) bond motifs is 1. The van der Waals surface area contributed by atoms with Gasteiger partial charge < -0.3 is 10.2 Å². The summed E-state index contributed by atoms with van der Waals surface area (Å²) in [4.78, 5) is 26.7. The lowest BCUT2D eigenvalue weighted by molar-refractivity contribution is -0.122. The molecular weight excluding hydrogens is 328 g/mol. The molecule has 1 aliphatic heterocycles.